The molecular weight excluding hydrogens is 283 g/mol. The Kier molecular flexibility index (Phi) is 3.20. The van der Waals surface area contributed by atoms with E-state index < -0.39 is 0 Å². The number of fused-ring (bicyclic) bond motifs is 1. The van der Waals surface area contributed by atoms with E-state index in [9.17, 15) is 0 Å². The molecule has 1 atom stereocenters. The molecular formula is C13H17I. The van der Waals surface area contributed by atoms with Gasteiger partial charge in [0.1, 0.15) is 0 Å². The van der Waals surface area contributed by atoms with E-state index in [-0.39, 0.29) is 24.0 Å². The van der Waals surface area contributed by atoms with Gasteiger partial charge in [-0.1, -0.05) is 0 Å². The molecule has 0 radical (unpaired) electrons. The minimum atomic E-state index is 0. The van der Waals surface area contributed by atoms with Gasteiger partial charge in [0.2, 0.25) is 0 Å². The Morgan fingerprint density at radius 3 is 2.50 bits per heavy atom. The van der Waals surface area contributed by atoms with E-state index in [1.54, 1.807) is 5.57 Å². The maximum atomic E-state index is 2.34. The third-order valence-electron chi connectivity index (χ3n) is 3.78. The van der Waals surface area contributed by atoms with Gasteiger partial charge >= 0.3 is 0 Å². The summed E-state index contributed by atoms with van der Waals surface area (Å²) in [6, 6.07) is 0. The Morgan fingerprint density at radius 1 is 1.29 bits per heavy atom. The molecule has 2 aliphatic rings. The van der Waals surface area contributed by atoms with Gasteiger partial charge < -0.3 is 24.0 Å². The lowest BCUT2D eigenvalue weighted by molar-refractivity contribution is -0.00000302. The van der Waals surface area contributed by atoms with Crippen molar-refractivity contribution in [3.63, 3.8) is 0 Å². The summed E-state index contributed by atoms with van der Waals surface area (Å²) >= 11 is 0. The Balaban J connectivity index is 0.000000980. The van der Waals surface area contributed by atoms with E-state index >= 15 is 0 Å². The lowest BCUT2D eigenvalue weighted by Gasteiger charge is -2.26. The van der Waals surface area contributed by atoms with Gasteiger partial charge in [0.05, 0.1) is 11.5 Å². The summed E-state index contributed by atoms with van der Waals surface area (Å²) in [6.45, 7) is 9.27. The predicted octanol–water partition coefficient (Wildman–Crippen LogP) is 0.683. The third kappa shape index (κ3) is 1.46. The number of hydrogen-bond acceptors (Lipinski definition) is 0. The number of allylic oxidation sites excluding steroid dienone is 6. The van der Waals surface area contributed by atoms with Crippen LogP contribution in [-0.4, -0.2) is 0 Å². The van der Waals surface area contributed by atoms with Crippen LogP contribution in [0.1, 0.15) is 27.7 Å². The van der Waals surface area contributed by atoms with Crippen LogP contribution in [0.3, 0.4) is 0 Å². The van der Waals surface area contributed by atoms with Gasteiger partial charge in [-0.25, -0.2) is 0 Å². The average Bonchev–Trinajstić information content (AvgIpc) is 2.30. The van der Waals surface area contributed by atoms with Crippen molar-refractivity contribution in [2.75, 3.05) is 0 Å². The fourth-order valence-corrected chi connectivity index (χ4v) is 2.40. The molecule has 0 amide bonds. The number of rotatable bonds is 0. The summed E-state index contributed by atoms with van der Waals surface area (Å²) in [5, 5.41) is 0. The lowest BCUT2D eigenvalue weighted by atomic mass is 9.72. The van der Waals surface area contributed by atoms with E-state index in [4.69, 9.17) is 0 Å². The van der Waals surface area contributed by atoms with Crippen LogP contribution in [0.25, 0.3) is 0 Å². The average molecular weight is 300 g/mol. The highest BCUT2D eigenvalue weighted by atomic mass is 127. The van der Waals surface area contributed by atoms with E-state index in [2.05, 4.69) is 52.0 Å². The van der Waals surface area contributed by atoms with Crippen molar-refractivity contribution >= 4 is 0 Å². The maximum absolute atomic E-state index is 2.34. The van der Waals surface area contributed by atoms with Gasteiger partial charge in [0.15, 0.2) is 0 Å². The first kappa shape index (κ1) is 11.9. The number of hydrogen-bond donors (Lipinski definition) is 0. The molecule has 0 heterocycles. The summed E-state index contributed by atoms with van der Waals surface area (Å²) < 4.78 is 0. The second-order valence-corrected chi connectivity index (χ2v) is 4.67. The SMILES string of the molecule is CC1=C2C=CC=C[C+]2C(C)(C)C1C.[I-]. The first-order valence-corrected chi connectivity index (χ1v) is 4.98. The smallest absolute Gasteiger partial charge is 0.0984 e. The molecule has 0 aliphatic heterocycles. The highest BCUT2D eigenvalue weighted by Crippen LogP contribution is 2.53. The van der Waals surface area contributed by atoms with Crippen LogP contribution in [0.5, 0.6) is 0 Å². The van der Waals surface area contributed by atoms with Crippen LogP contribution in [0.2, 0.25) is 0 Å². The molecule has 0 spiro atoms. The van der Waals surface area contributed by atoms with Crippen LogP contribution in [0, 0.1) is 17.3 Å². The molecule has 1 unspecified atom stereocenters. The monoisotopic (exact) mass is 300 g/mol. The molecule has 0 saturated carbocycles. The molecule has 0 fully saturated rings. The van der Waals surface area contributed by atoms with Crippen LogP contribution < -0.4 is 24.0 Å². The quantitative estimate of drug-likeness (QED) is 0.456. The second-order valence-electron chi connectivity index (χ2n) is 4.67. The van der Waals surface area contributed by atoms with Crippen molar-refractivity contribution in [3.05, 3.63) is 41.4 Å². The molecule has 0 saturated heterocycles. The normalized spacial score (nSPS) is 27.7. The van der Waals surface area contributed by atoms with Gasteiger partial charge in [-0.2, -0.15) is 0 Å². The summed E-state index contributed by atoms with van der Waals surface area (Å²) in [6.07, 6.45) is 8.79. The zero-order valence-electron chi connectivity index (χ0n) is 9.26. The van der Waals surface area contributed by atoms with E-state index in [0.29, 0.717) is 11.3 Å². The predicted molar refractivity (Wildman–Crippen MR) is 57.2 cm³/mol. The minimum Gasteiger partial charge on any atom is -1.00 e. The standard InChI is InChI=1S/C13H17.HI/c1-9-10(2)13(3,4)12-8-6-5-7-11(9)12;/h5-8,10H,1-4H3;1H/q+1;/p-1. The first-order chi connectivity index (χ1) is 6.05. The Hall–Kier alpha value is -0.180. The van der Waals surface area contributed by atoms with Crippen LogP contribution in [-0.2, 0) is 0 Å². The fourth-order valence-electron chi connectivity index (χ4n) is 2.40. The van der Waals surface area contributed by atoms with Crippen molar-refractivity contribution in [2.45, 2.75) is 27.7 Å². The second kappa shape index (κ2) is 3.76. The Morgan fingerprint density at radius 2 is 1.93 bits per heavy atom. The summed E-state index contributed by atoms with van der Waals surface area (Å²) in [4.78, 5) is 0. The summed E-state index contributed by atoms with van der Waals surface area (Å²) in [5.41, 5.74) is 3.33. The van der Waals surface area contributed by atoms with Gasteiger partial charge in [0.25, 0.3) is 0 Å². The minimum absolute atomic E-state index is 0. The van der Waals surface area contributed by atoms with Gasteiger partial charge in [-0.15, -0.1) is 0 Å². The summed E-state index contributed by atoms with van der Waals surface area (Å²) in [7, 11) is 0. The van der Waals surface area contributed by atoms with E-state index in [1.807, 2.05) is 0 Å². The molecule has 0 N–H and O–H groups in total. The van der Waals surface area contributed by atoms with Gasteiger partial charge in [0, 0.05) is 41.2 Å². The Labute approximate surface area is 104 Å². The zero-order valence-corrected chi connectivity index (χ0v) is 11.4. The van der Waals surface area contributed by atoms with Crippen LogP contribution >= 0.6 is 0 Å². The molecule has 1 heteroatoms. The highest BCUT2D eigenvalue weighted by molar-refractivity contribution is 5.56. The molecule has 2 aliphatic carbocycles. The van der Waals surface area contributed by atoms with Gasteiger partial charge in [-0.3, -0.25) is 0 Å². The van der Waals surface area contributed by atoms with Gasteiger partial charge in [-0.05, 0) is 27.7 Å². The maximum Gasteiger partial charge on any atom is 0.0984 e. The summed E-state index contributed by atoms with van der Waals surface area (Å²) in [5.74, 6) is 2.19. The molecule has 0 nitrogen and oxygen atoms in total. The molecule has 0 aromatic rings. The molecule has 2 rings (SSSR count). The fraction of sp³-hybridized carbons (Fsp3) is 0.462. The van der Waals surface area contributed by atoms with E-state index in [1.165, 1.54) is 11.5 Å². The van der Waals surface area contributed by atoms with E-state index in [0.717, 1.165) is 0 Å². The van der Waals surface area contributed by atoms with Crippen LogP contribution in [0.15, 0.2) is 35.5 Å². The molecule has 76 valence electrons. The third-order valence-corrected chi connectivity index (χ3v) is 3.78. The first-order valence-electron chi connectivity index (χ1n) is 4.98. The largest absolute Gasteiger partial charge is 1.00 e. The molecule has 14 heavy (non-hydrogen) atoms. The lowest BCUT2D eigenvalue weighted by Crippen LogP contribution is -3.00. The topological polar surface area (TPSA) is 0 Å². The zero-order chi connectivity index (χ0) is 9.64. The molecule has 0 aromatic carbocycles. The molecule has 0 bridgehead atoms. The van der Waals surface area contributed by atoms with Crippen molar-refractivity contribution in [2.24, 2.45) is 11.3 Å². The molecule has 0 aromatic heterocycles. The van der Waals surface area contributed by atoms with Crippen molar-refractivity contribution in [1.82, 2.24) is 0 Å². The number of halogens is 1. The van der Waals surface area contributed by atoms with Crippen molar-refractivity contribution in [1.29, 1.82) is 0 Å². The van der Waals surface area contributed by atoms with Crippen LogP contribution in [0.4, 0.5) is 0 Å². The van der Waals surface area contributed by atoms with Crippen molar-refractivity contribution in [3.8, 4) is 0 Å². The Bertz CT molecular complexity index is 318. The van der Waals surface area contributed by atoms with Crippen molar-refractivity contribution < 1.29 is 24.0 Å². The highest BCUT2D eigenvalue weighted by Gasteiger charge is 2.48.